The summed E-state index contributed by atoms with van der Waals surface area (Å²) in [4.78, 5) is 2.53. The second kappa shape index (κ2) is 8.98. The van der Waals surface area contributed by atoms with Crippen LogP contribution in [0.25, 0.3) is 10.8 Å². The Hall–Kier alpha value is -1.42. The number of hydrogen-bond donors (Lipinski definition) is 1. The lowest BCUT2D eigenvalue weighted by Crippen LogP contribution is -2.41. The monoisotopic (exact) mass is 354 g/mol. The number of nitrogens with zero attached hydrogens (tertiary/aromatic N) is 1. The van der Waals surface area contributed by atoms with Crippen molar-refractivity contribution >= 4 is 10.8 Å². The molecule has 1 aliphatic heterocycles. The van der Waals surface area contributed by atoms with E-state index in [1.807, 2.05) is 0 Å². The summed E-state index contributed by atoms with van der Waals surface area (Å²) in [6.07, 6.45) is 3.61. The standard InChI is InChI=1S/C23H34N2O/c1-19(2)23(18-24,12-5-6-13-25-14-16-26-17-15-25)22-11-7-9-20-8-3-4-10-21(20)22/h3-4,7-11,19H,5-6,12-18,24H2,1-2H3. The molecule has 2 aromatic carbocycles. The van der Waals surface area contributed by atoms with Crippen LogP contribution in [0.3, 0.4) is 0 Å². The summed E-state index contributed by atoms with van der Waals surface area (Å²) in [5.74, 6) is 0.515. The average molecular weight is 355 g/mol. The van der Waals surface area contributed by atoms with E-state index in [1.165, 1.54) is 35.7 Å². The third kappa shape index (κ3) is 4.11. The molecule has 1 fully saturated rings. The molecular weight excluding hydrogens is 320 g/mol. The molecule has 2 aromatic rings. The highest BCUT2D eigenvalue weighted by Crippen LogP contribution is 2.40. The largest absolute Gasteiger partial charge is 0.379 e. The molecule has 0 aliphatic carbocycles. The van der Waals surface area contributed by atoms with E-state index in [0.717, 1.165) is 32.7 Å². The molecule has 3 nitrogen and oxygen atoms in total. The number of fused-ring (bicyclic) bond motifs is 1. The maximum absolute atomic E-state index is 6.43. The van der Waals surface area contributed by atoms with E-state index in [9.17, 15) is 0 Å². The van der Waals surface area contributed by atoms with Gasteiger partial charge in [-0.2, -0.15) is 0 Å². The van der Waals surface area contributed by atoms with E-state index in [-0.39, 0.29) is 5.41 Å². The Morgan fingerprint density at radius 3 is 2.50 bits per heavy atom. The summed E-state index contributed by atoms with van der Waals surface area (Å²) in [6.45, 7) is 10.5. The van der Waals surface area contributed by atoms with Crippen molar-refractivity contribution in [1.82, 2.24) is 4.90 Å². The molecule has 0 bridgehead atoms. The third-order valence-corrected chi connectivity index (χ3v) is 6.25. The predicted octanol–water partition coefficient (Wildman–Crippen LogP) is 4.19. The highest BCUT2D eigenvalue weighted by molar-refractivity contribution is 5.86. The first-order chi connectivity index (χ1) is 12.7. The van der Waals surface area contributed by atoms with E-state index < -0.39 is 0 Å². The lowest BCUT2D eigenvalue weighted by Gasteiger charge is -2.38. The van der Waals surface area contributed by atoms with Crippen molar-refractivity contribution in [3.8, 4) is 0 Å². The minimum Gasteiger partial charge on any atom is -0.379 e. The highest BCUT2D eigenvalue weighted by atomic mass is 16.5. The van der Waals surface area contributed by atoms with Crippen LogP contribution in [0.15, 0.2) is 42.5 Å². The van der Waals surface area contributed by atoms with Crippen LogP contribution in [0, 0.1) is 5.92 Å². The van der Waals surface area contributed by atoms with Gasteiger partial charge in [-0.3, -0.25) is 4.90 Å². The van der Waals surface area contributed by atoms with Crippen LogP contribution < -0.4 is 5.73 Å². The fourth-order valence-corrected chi connectivity index (χ4v) is 4.44. The Labute approximate surface area is 158 Å². The van der Waals surface area contributed by atoms with Gasteiger partial charge >= 0.3 is 0 Å². The third-order valence-electron chi connectivity index (χ3n) is 6.25. The zero-order chi connectivity index (χ0) is 18.4. The molecule has 1 aliphatic rings. The Bertz CT molecular complexity index is 688. The molecule has 1 heterocycles. The summed E-state index contributed by atoms with van der Waals surface area (Å²) in [6, 6.07) is 15.4. The van der Waals surface area contributed by atoms with E-state index in [2.05, 4.69) is 61.2 Å². The molecule has 1 saturated heterocycles. The Morgan fingerprint density at radius 1 is 1.04 bits per heavy atom. The maximum Gasteiger partial charge on any atom is 0.0594 e. The van der Waals surface area contributed by atoms with Gasteiger partial charge in [-0.15, -0.1) is 0 Å². The molecule has 0 aromatic heterocycles. The van der Waals surface area contributed by atoms with Gasteiger partial charge in [0, 0.05) is 25.0 Å². The molecule has 1 atom stereocenters. The minimum absolute atomic E-state index is 0.0475. The number of benzene rings is 2. The first kappa shape index (κ1) is 19.3. The summed E-state index contributed by atoms with van der Waals surface area (Å²) >= 11 is 0. The van der Waals surface area contributed by atoms with E-state index in [4.69, 9.17) is 10.5 Å². The molecule has 1 unspecified atom stereocenters. The second-order valence-electron chi connectivity index (χ2n) is 7.95. The van der Waals surface area contributed by atoms with Crippen molar-refractivity contribution in [3.05, 3.63) is 48.0 Å². The van der Waals surface area contributed by atoms with Crippen LogP contribution in [0.1, 0.15) is 38.7 Å². The fraction of sp³-hybridized carbons (Fsp3) is 0.565. The molecule has 0 radical (unpaired) electrons. The van der Waals surface area contributed by atoms with Crippen LogP contribution in [0.2, 0.25) is 0 Å². The maximum atomic E-state index is 6.43. The molecule has 3 rings (SSSR count). The lowest BCUT2D eigenvalue weighted by atomic mass is 9.67. The van der Waals surface area contributed by atoms with Gasteiger partial charge in [-0.1, -0.05) is 62.7 Å². The molecule has 3 heteroatoms. The van der Waals surface area contributed by atoms with Crippen molar-refractivity contribution in [2.45, 2.75) is 38.5 Å². The topological polar surface area (TPSA) is 38.5 Å². The lowest BCUT2D eigenvalue weighted by molar-refractivity contribution is 0.0368. The van der Waals surface area contributed by atoms with Crippen molar-refractivity contribution < 1.29 is 4.74 Å². The van der Waals surface area contributed by atoms with Crippen LogP contribution in [0.5, 0.6) is 0 Å². The number of rotatable bonds is 8. The first-order valence-corrected chi connectivity index (χ1v) is 10.2. The summed E-state index contributed by atoms with van der Waals surface area (Å²) in [5.41, 5.74) is 7.91. The van der Waals surface area contributed by atoms with Crippen molar-refractivity contribution in [3.63, 3.8) is 0 Å². The average Bonchev–Trinajstić information content (AvgIpc) is 2.69. The van der Waals surface area contributed by atoms with Gasteiger partial charge < -0.3 is 10.5 Å². The zero-order valence-electron chi connectivity index (χ0n) is 16.4. The fourth-order valence-electron chi connectivity index (χ4n) is 4.44. The number of unbranched alkanes of at least 4 members (excludes halogenated alkanes) is 1. The van der Waals surface area contributed by atoms with Gasteiger partial charge in [-0.05, 0) is 41.6 Å². The smallest absolute Gasteiger partial charge is 0.0594 e. The highest BCUT2D eigenvalue weighted by Gasteiger charge is 2.35. The Morgan fingerprint density at radius 2 is 1.77 bits per heavy atom. The second-order valence-corrected chi connectivity index (χ2v) is 7.95. The van der Waals surface area contributed by atoms with Crippen LogP contribution >= 0.6 is 0 Å². The minimum atomic E-state index is 0.0475. The number of hydrogen-bond acceptors (Lipinski definition) is 3. The van der Waals surface area contributed by atoms with E-state index >= 15 is 0 Å². The molecule has 142 valence electrons. The van der Waals surface area contributed by atoms with Crippen molar-refractivity contribution in [1.29, 1.82) is 0 Å². The predicted molar refractivity (Wildman–Crippen MR) is 111 cm³/mol. The first-order valence-electron chi connectivity index (χ1n) is 10.2. The van der Waals surface area contributed by atoms with E-state index in [0.29, 0.717) is 12.5 Å². The molecule has 2 N–H and O–H groups in total. The summed E-state index contributed by atoms with van der Waals surface area (Å²) in [7, 11) is 0. The van der Waals surface area contributed by atoms with E-state index in [1.54, 1.807) is 0 Å². The molecule has 26 heavy (non-hydrogen) atoms. The Balaban J connectivity index is 1.75. The molecule has 0 spiro atoms. The van der Waals surface area contributed by atoms with Gasteiger partial charge in [0.15, 0.2) is 0 Å². The normalized spacial score (nSPS) is 18.3. The van der Waals surface area contributed by atoms with Gasteiger partial charge in [-0.25, -0.2) is 0 Å². The van der Waals surface area contributed by atoms with Crippen LogP contribution in [0.4, 0.5) is 0 Å². The summed E-state index contributed by atoms with van der Waals surface area (Å²) in [5, 5.41) is 2.68. The number of nitrogens with two attached hydrogens (primary N) is 1. The van der Waals surface area contributed by atoms with Gasteiger partial charge in [0.25, 0.3) is 0 Å². The van der Waals surface area contributed by atoms with Gasteiger partial charge in [0.05, 0.1) is 13.2 Å². The quantitative estimate of drug-likeness (QED) is 0.722. The summed E-state index contributed by atoms with van der Waals surface area (Å²) < 4.78 is 5.45. The van der Waals surface area contributed by atoms with Gasteiger partial charge in [0.2, 0.25) is 0 Å². The van der Waals surface area contributed by atoms with Crippen molar-refractivity contribution in [2.24, 2.45) is 11.7 Å². The molecular formula is C23H34N2O. The number of morpholine rings is 1. The number of ether oxygens (including phenoxy) is 1. The van der Waals surface area contributed by atoms with Crippen LogP contribution in [-0.4, -0.2) is 44.3 Å². The molecule has 0 amide bonds. The SMILES string of the molecule is CC(C)C(CN)(CCCCN1CCOCC1)c1cccc2ccccc12. The molecule has 0 saturated carbocycles. The van der Waals surface area contributed by atoms with Crippen LogP contribution in [-0.2, 0) is 10.2 Å². The van der Waals surface area contributed by atoms with Gasteiger partial charge in [0.1, 0.15) is 0 Å². The van der Waals surface area contributed by atoms with Crippen molar-refractivity contribution in [2.75, 3.05) is 39.4 Å². The Kier molecular flexibility index (Phi) is 6.68. The zero-order valence-corrected chi connectivity index (χ0v) is 16.4.